The fourth-order valence-electron chi connectivity index (χ4n) is 6.03. The highest BCUT2D eigenvalue weighted by molar-refractivity contribution is 5.75. The lowest BCUT2D eigenvalue weighted by Gasteiger charge is -2.59. The Balaban J connectivity index is 1.99. The molecule has 0 aliphatic heterocycles. The van der Waals surface area contributed by atoms with Crippen LogP contribution in [0.25, 0.3) is 0 Å². The Hall–Kier alpha value is -0.870. The van der Waals surface area contributed by atoms with E-state index in [0.29, 0.717) is 12.8 Å². The number of aliphatic hydroxyl groups is 2. The molecule has 3 aliphatic carbocycles. The van der Waals surface area contributed by atoms with Crippen molar-refractivity contribution < 1.29 is 20.1 Å². The van der Waals surface area contributed by atoms with Crippen molar-refractivity contribution in [2.75, 3.05) is 0 Å². The monoisotopic (exact) mass is 336 g/mol. The summed E-state index contributed by atoms with van der Waals surface area (Å²) >= 11 is 0. The van der Waals surface area contributed by atoms with E-state index in [9.17, 15) is 20.1 Å². The van der Waals surface area contributed by atoms with Crippen LogP contribution in [0.4, 0.5) is 0 Å². The molecule has 0 spiro atoms. The molecule has 0 bridgehead atoms. The molecule has 3 N–H and O–H groups in total. The predicted molar refractivity (Wildman–Crippen MR) is 92.4 cm³/mol. The summed E-state index contributed by atoms with van der Waals surface area (Å²) in [5.74, 6) is -0.410. The van der Waals surface area contributed by atoms with Crippen molar-refractivity contribution >= 4 is 5.97 Å². The van der Waals surface area contributed by atoms with E-state index >= 15 is 0 Å². The van der Waals surface area contributed by atoms with Gasteiger partial charge in [0.2, 0.25) is 0 Å². The lowest BCUT2D eigenvalue weighted by molar-refractivity contribution is -0.170. The second-order valence-corrected chi connectivity index (χ2v) is 9.28. The van der Waals surface area contributed by atoms with E-state index in [2.05, 4.69) is 13.0 Å². The van der Waals surface area contributed by atoms with Gasteiger partial charge in [-0.1, -0.05) is 38.8 Å². The third kappa shape index (κ3) is 2.29. The Bertz CT molecular complexity index is 568. The number of hydrogen-bond donors (Lipinski definition) is 3. The smallest absolute Gasteiger partial charge is 0.309 e. The first kappa shape index (κ1) is 17.9. The summed E-state index contributed by atoms with van der Waals surface area (Å²) in [7, 11) is 0. The third-order valence-electron chi connectivity index (χ3n) is 7.85. The van der Waals surface area contributed by atoms with Crippen molar-refractivity contribution in [3.63, 3.8) is 0 Å². The lowest BCUT2D eigenvalue weighted by Crippen LogP contribution is -2.58. The van der Waals surface area contributed by atoms with E-state index in [0.717, 1.165) is 25.7 Å². The van der Waals surface area contributed by atoms with Crippen molar-refractivity contribution in [2.24, 2.45) is 28.6 Å². The molecule has 4 heteroatoms. The molecule has 0 aromatic carbocycles. The summed E-state index contributed by atoms with van der Waals surface area (Å²) in [6, 6.07) is 0. The summed E-state index contributed by atoms with van der Waals surface area (Å²) < 4.78 is 0. The number of carboxylic acid groups (broad SMARTS) is 1. The van der Waals surface area contributed by atoms with Crippen LogP contribution in [0.2, 0.25) is 0 Å². The normalized spacial score (nSPS) is 48.5. The van der Waals surface area contributed by atoms with Crippen molar-refractivity contribution in [1.82, 2.24) is 0 Å². The van der Waals surface area contributed by atoms with Crippen LogP contribution in [0.1, 0.15) is 66.2 Å². The number of hydrogen-bond acceptors (Lipinski definition) is 3. The Labute approximate surface area is 145 Å². The Morgan fingerprint density at radius 1 is 1.29 bits per heavy atom. The fraction of sp³-hybridized carbons (Fsp3) is 0.850. The van der Waals surface area contributed by atoms with Gasteiger partial charge in [-0.15, -0.1) is 0 Å². The second kappa shape index (κ2) is 5.57. The molecule has 2 fully saturated rings. The molecule has 24 heavy (non-hydrogen) atoms. The first-order valence-electron chi connectivity index (χ1n) is 9.38. The average Bonchev–Trinajstić information content (AvgIpc) is 2.48. The van der Waals surface area contributed by atoms with Crippen LogP contribution in [0, 0.1) is 28.6 Å². The maximum atomic E-state index is 12.0. The van der Waals surface area contributed by atoms with Gasteiger partial charge >= 0.3 is 5.97 Å². The number of carbonyl (C=O) groups is 1. The van der Waals surface area contributed by atoms with Gasteiger partial charge in [0, 0.05) is 6.42 Å². The number of aliphatic hydroxyl groups excluding tert-OH is 1. The molecular weight excluding hydrogens is 304 g/mol. The summed E-state index contributed by atoms with van der Waals surface area (Å²) in [6.45, 7) is 8.04. The molecule has 0 aromatic heterocycles. The molecule has 6 unspecified atom stereocenters. The van der Waals surface area contributed by atoms with Gasteiger partial charge in [0.25, 0.3) is 0 Å². The SMILES string of the molecule is CC(C)C1(O)CC2=CCC3C(C)(C(=O)O)CCCC3(C)C2CC1O. The van der Waals surface area contributed by atoms with E-state index in [4.69, 9.17) is 0 Å². The topological polar surface area (TPSA) is 77.8 Å². The minimum absolute atomic E-state index is 0.00415. The van der Waals surface area contributed by atoms with Crippen LogP contribution in [-0.2, 0) is 4.79 Å². The first-order valence-corrected chi connectivity index (χ1v) is 9.38. The predicted octanol–water partition coefficient (Wildman–Crippen LogP) is 3.37. The quantitative estimate of drug-likeness (QED) is 0.676. The summed E-state index contributed by atoms with van der Waals surface area (Å²) in [5.41, 5.74) is -0.610. The minimum Gasteiger partial charge on any atom is -0.481 e. The number of carboxylic acids is 1. The molecule has 3 aliphatic rings. The molecule has 4 nitrogen and oxygen atoms in total. The molecule has 0 radical (unpaired) electrons. The fourth-order valence-corrected chi connectivity index (χ4v) is 6.03. The number of rotatable bonds is 2. The minimum atomic E-state index is -1.06. The van der Waals surface area contributed by atoms with Gasteiger partial charge in [0.1, 0.15) is 0 Å². The van der Waals surface area contributed by atoms with Crippen LogP contribution >= 0.6 is 0 Å². The van der Waals surface area contributed by atoms with Gasteiger partial charge < -0.3 is 15.3 Å². The molecule has 6 atom stereocenters. The zero-order chi connectivity index (χ0) is 17.9. The molecule has 2 saturated carbocycles. The maximum Gasteiger partial charge on any atom is 0.309 e. The maximum absolute atomic E-state index is 12.0. The molecule has 0 amide bonds. The van der Waals surface area contributed by atoms with Gasteiger partial charge in [-0.05, 0) is 55.8 Å². The third-order valence-corrected chi connectivity index (χ3v) is 7.85. The second-order valence-electron chi connectivity index (χ2n) is 9.28. The van der Waals surface area contributed by atoms with Crippen LogP contribution in [0.15, 0.2) is 11.6 Å². The largest absolute Gasteiger partial charge is 0.481 e. The zero-order valence-corrected chi connectivity index (χ0v) is 15.4. The highest BCUT2D eigenvalue weighted by Crippen LogP contribution is 2.63. The van der Waals surface area contributed by atoms with E-state index in [1.165, 1.54) is 5.57 Å². The lowest BCUT2D eigenvalue weighted by atomic mass is 9.45. The highest BCUT2D eigenvalue weighted by atomic mass is 16.4. The number of allylic oxidation sites excluding steroid dienone is 1. The van der Waals surface area contributed by atoms with E-state index in [1.54, 1.807) is 0 Å². The summed E-state index contributed by atoms with van der Waals surface area (Å²) in [5, 5.41) is 31.5. The zero-order valence-electron chi connectivity index (χ0n) is 15.4. The molecular formula is C20H32O4. The van der Waals surface area contributed by atoms with Gasteiger partial charge in [-0.3, -0.25) is 4.79 Å². The Morgan fingerprint density at radius 3 is 2.54 bits per heavy atom. The van der Waals surface area contributed by atoms with E-state index in [-0.39, 0.29) is 23.2 Å². The van der Waals surface area contributed by atoms with Crippen LogP contribution < -0.4 is 0 Å². The van der Waals surface area contributed by atoms with Crippen molar-refractivity contribution in [2.45, 2.75) is 77.9 Å². The molecule has 136 valence electrons. The van der Waals surface area contributed by atoms with Gasteiger partial charge in [0.15, 0.2) is 0 Å². The van der Waals surface area contributed by atoms with E-state index < -0.39 is 23.1 Å². The van der Waals surface area contributed by atoms with Crippen LogP contribution in [-0.4, -0.2) is 33.0 Å². The molecule has 3 rings (SSSR count). The van der Waals surface area contributed by atoms with Crippen molar-refractivity contribution in [3.8, 4) is 0 Å². The number of fused-ring (bicyclic) bond motifs is 3. The molecule has 0 aromatic rings. The van der Waals surface area contributed by atoms with Crippen molar-refractivity contribution in [3.05, 3.63) is 11.6 Å². The van der Waals surface area contributed by atoms with Gasteiger partial charge in [0.05, 0.1) is 17.1 Å². The van der Waals surface area contributed by atoms with E-state index in [1.807, 2.05) is 20.8 Å². The van der Waals surface area contributed by atoms with Crippen molar-refractivity contribution in [1.29, 1.82) is 0 Å². The molecule has 0 heterocycles. The number of aliphatic carboxylic acids is 1. The first-order chi connectivity index (χ1) is 11.1. The van der Waals surface area contributed by atoms with Gasteiger partial charge in [-0.2, -0.15) is 0 Å². The summed E-state index contributed by atoms with van der Waals surface area (Å²) in [4.78, 5) is 12.0. The average molecular weight is 336 g/mol. The van der Waals surface area contributed by atoms with Crippen LogP contribution in [0.5, 0.6) is 0 Å². The molecule has 0 saturated heterocycles. The standard InChI is InChI=1S/C20H32O4/c1-12(2)20(24)11-13-6-7-15-18(3,14(13)10-16(20)21)8-5-9-19(15,4)17(22)23/h6,12,14-16,21,24H,5,7-11H2,1-4H3,(H,22,23). The Kier molecular flexibility index (Phi) is 4.16. The van der Waals surface area contributed by atoms with Crippen LogP contribution in [0.3, 0.4) is 0 Å². The Morgan fingerprint density at radius 2 is 1.96 bits per heavy atom. The highest BCUT2D eigenvalue weighted by Gasteiger charge is 2.60. The summed E-state index contributed by atoms with van der Waals surface area (Å²) in [6.07, 6.45) is 5.94. The van der Waals surface area contributed by atoms with Gasteiger partial charge in [-0.25, -0.2) is 0 Å².